The van der Waals surface area contributed by atoms with Gasteiger partial charge >= 0.3 is 0 Å². The van der Waals surface area contributed by atoms with Crippen LogP contribution in [0.2, 0.25) is 0 Å². The van der Waals surface area contributed by atoms with Gasteiger partial charge in [0, 0.05) is 17.7 Å². The number of carbonyl (C=O) groups excluding carboxylic acids is 1. The highest BCUT2D eigenvalue weighted by atomic mass is 32.2. The maximum Gasteiger partial charge on any atom is 0.261 e. The number of anilines is 1. The number of ketones is 1. The Morgan fingerprint density at radius 3 is 2.48 bits per heavy atom. The first-order chi connectivity index (χ1) is 10.1. The molecule has 5 heteroatoms. The normalized spacial score (nSPS) is 14.6. The van der Waals surface area contributed by atoms with Gasteiger partial charge in [-0.3, -0.25) is 9.52 Å². The monoisotopic (exact) mass is 301 g/mol. The molecule has 0 aromatic heterocycles. The molecule has 0 unspecified atom stereocenters. The summed E-state index contributed by atoms with van der Waals surface area (Å²) in [4.78, 5) is 12.1. The van der Waals surface area contributed by atoms with Gasteiger partial charge in [-0.15, -0.1) is 0 Å². The number of fused-ring (bicyclic) bond motifs is 1. The average Bonchev–Trinajstić information content (AvgIpc) is 2.49. The van der Waals surface area contributed by atoms with Gasteiger partial charge < -0.3 is 0 Å². The van der Waals surface area contributed by atoms with Gasteiger partial charge in [0.25, 0.3) is 10.0 Å². The lowest BCUT2D eigenvalue weighted by molar-refractivity contribution is 0.0972. The topological polar surface area (TPSA) is 63.2 Å². The largest absolute Gasteiger partial charge is 0.294 e. The van der Waals surface area contributed by atoms with Crippen LogP contribution in [0.4, 0.5) is 5.69 Å². The molecule has 108 valence electrons. The lowest BCUT2D eigenvalue weighted by atomic mass is 9.90. The second-order valence-corrected chi connectivity index (χ2v) is 6.75. The number of hydrogen-bond acceptors (Lipinski definition) is 3. The van der Waals surface area contributed by atoms with Gasteiger partial charge in [-0.05, 0) is 42.7 Å². The fraction of sp³-hybridized carbons (Fsp3) is 0.188. The van der Waals surface area contributed by atoms with Crippen LogP contribution in [0.1, 0.15) is 28.8 Å². The van der Waals surface area contributed by atoms with Crippen molar-refractivity contribution in [1.29, 1.82) is 0 Å². The lowest BCUT2D eigenvalue weighted by Crippen LogP contribution is -2.15. The van der Waals surface area contributed by atoms with Crippen molar-refractivity contribution < 1.29 is 13.2 Å². The summed E-state index contributed by atoms with van der Waals surface area (Å²) in [6.45, 7) is 0. The average molecular weight is 301 g/mol. The first-order valence-electron chi connectivity index (χ1n) is 6.80. The third-order valence-electron chi connectivity index (χ3n) is 3.57. The molecule has 0 bridgehead atoms. The summed E-state index contributed by atoms with van der Waals surface area (Å²) in [6, 6.07) is 13.3. The molecule has 0 spiro atoms. The quantitative estimate of drug-likeness (QED) is 0.948. The SMILES string of the molecule is O=C1CCCc2ccc(NS(=O)(=O)c3ccccc3)cc21. The molecule has 3 rings (SSSR count). The zero-order valence-corrected chi connectivity index (χ0v) is 12.2. The zero-order chi connectivity index (χ0) is 14.9. The number of nitrogens with one attached hydrogen (secondary N) is 1. The van der Waals surface area contributed by atoms with Crippen LogP contribution in [-0.4, -0.2) is 14.2 Å². The molecule has 1 aliphatic rings. The van der Waals surface area contributed by atoms with Gasteiger partial charge in [0.2, 0.25) is 0 Å². The standard InChI is InChI=1S/C16H15NO3S/c18-16-8-4-5-12-9-10-13(11-15(12)16)17-21(19,20)14-6-2-1-3-7-14/h1-3,6-7,9-11,17H,4-5,8H2. The summed E-state index contributed by atoms with van der Waals surface area (Å²) in [6.07, 6.45) is 2.26. The van der Waals surface area contributed by atoms with Crippen molar-refractivity contribution in [1.82, 2.24) is 0 Å². The van der Waals surface area contributed by atoms with E-state index in [0.717, 1.165) is 18.4 Å². The minimum atomic E-state index is -3.62. The summed E-state index contributed by atoms with van der Waals surface area (Å²) >= 11 is 0. The van der Waals surface area contributed by atoms with Gasteiger partial charge in [0.05, 0.1) is 4.90 Å². The minimum absolute atomic E-state index is 0.0806. The van der Waals surface area contributed by atoms with Crippen molar-refractivity contribution in [3.63, 3.8) is 0 Å². The van der Waals surface area contributed by atoms with Crippen LogP contribution in [0, 0.1) is 0 Å². The number of carbonyl (C=O) groups is 1. The third kappa shape index (κ3) is 2.83. The van der Waals surface area contributed by atoms with E-state index in [0.29, 0.717) is 17.7 Å². The van der Waals surface area contributed by atoms with Crippen LogP contribution in [0.3, 0.4) is 0 Å². The van der Waals surface area contributed by atoms with Gasteiger partial charge in [-0.2, -0.15) is 0 Å². The number of benzene rings is 2. The van der Waals surface area contributed by atoms with E-state index in [1.807, 2.05) is 6.07 Å². The van der Waals surface area contributed by atoms with Crippen LogP contribution in [0.5, 0.6) is 0 Å². The van der Waals surface area contributed by atoms with Crippen molar-refractivity contribution in [3.8, 4) is 0 Å². The molecule has 0 radical (unpaired) electrons. The summed E-state index contributed by atoms with van der Waals surface area (Å²) in [5.74, 6) is 0.0806. The smallest absolute Gasteiger partial charge is 0.261 e. The Bertz CT molecular complexity index is 782. The van der Waals surface area contributed by atoms with E-state index in [-0.39, 0.29) is 10.7 Å². The highest BCUT2D eigenvalue weighted by Crippen LogP contribution is 2.25. The molecule has 2 aromatic carbocycles. The Hall–Kier alpha value is -2.14. The Morgan fingerprint density at radius 1 is 0.952 bits per heavy atom. The van der Waals surface area contributed by atoms with Gasteiger partial charge in [0.1, 0.15) is 0 Å². The molecule has 0 saturated carbocycles. The van der Waals surface area contributed by atoms with Crippen LogP contribution >= 0.6 is 0 Å². The summed E-state index contributed by atoms with van der Waals surface area (Å²) in [5.41, 5.74) is 2.05. The molecular weight excluding hydrogens is 286 g/mol. The molecule has 21 heavy (non-hydrogen) atoms. The van der Waals surface area contributed by atoms with E-state index in [2.05, 4.69) is 4.72 Å². The number of rotatable bonds is 3. The summed E-state index contributed by atoms with van der Waals surface area (Å²) in [5, 5.41) is 0. The van der Waals surface area contributed by atoms with Crippen LogP contribution in [0.15, 0.2) is 53.4 Å². The Morgan fingerprint density at radius 2 is 1.71 bits per heavy atom. The van der Waals surface area contributed by atoms with Gasteiger partial charge in [-0.25, -0.2) is 8.42 Å². The van der Waals surface area contributed by atoms with Crippen LogP contribution in [-0.2, 0) is 16.4 Å². The second-order valence-electron chi connectivity index (χ2n) is 5.07. The molecule has 1 N–H and O–H groups in total. The lowest BCUT2D eigenvalue weighted by Gasteiger charge is -2.16. The van der Waals surface area contributed by atoms with Crippen LogP contribution < -0.4 is 4.72 Å². The second kappa shape index (κ2) is 5.33. The Labute approximate surface area is 123 Å². The molecule has 1 aliphatic carbocycles. The highest BCUT2D eigenvalue weighted by Gasteiger charge is 2.19. The molecule has 0 heterocycles. The first kappa shape index (κ1) is 13.8. The van der Waals surface area contributed by atoms with Gasteiger partial charge in [-0.1, -0.05) is 24.3 Å². The number of sulfonamides is 1. The van der Waals surface area contributed by atoms with E-state index >= 15 is 0 Å². The molecule has 4 nitrogen and oxygen atoms in total. The number of hydrogen-bond donors (Lipinski definition) is 1. The maximum absolute atomic E-state index is 12.3. The van der Waals surface area contributed by atoms with Crippen molar-refractivity contribution in [2.24, 2.45) is 0 Å². The van der Waals surface area contributed by atoms with Crippen molar-refractivity contribution in [3.05, 3.63) is 59.7 Å². The van der Waals surface area contributed by atoms with Gasteiger partial charge in [0.15, 0.2) is 5.78 Å². The third-order valence-corrected chi connectivity index (χ3v) is 4.96. The van der Waals surface area contributed by atoms with Crippen molar-refractivity contribution >= 4 is 21.5 Å². The van der Waals surface area contributed by atoms with E-state index in [9.17, 15) is 13.2 Å². The fourth-order valence-electron chi connectivity index (χ4n) is 2.51. The molecule has 0 amide bonds. The van der Waals surface area contributed by atoms with E-state index in [1.165, 1.54) is 12.1 Å². The van der Waals surface area contributed by atoms with E-state index in [4.69, 9.17) is 0 Å². The highest BCUT2D eigenvalue weighted by molar-refractivity contribution is 7.92. The molecule has 2 aromatic rings. The fourth-order valence-corrected chi connectivity index (χ4v) is 3.58. The predicted octanol–water partition coefficient (Wildman–Crippen LogP) is 3.01. The summed E-state index contributed by atoms with van der Waals surface area (Å²) in [7, 11) is -3.62. The Balaban J connectivity index is 1.92. The van der Waals surface area contributed by atoms with Crippen molar-refractivity contribution in [2.45, 2.75) is 24.2 Å². The molecular formula is C16H15NO3S. The predicted molar refractivity (Wildman–Crippen MR) is 81.0 cm³/mol. The minimum Gasteiger partial charge on any atom is -0.294 e. The molecule has 0 fully saturated rings. The van der Waals surface area contributed by atoms with Crippen LogP contribution in [0.25, 0.3) is 0 Å². The molecule has 0 saturated heterocycles. The van der Waals surface area contributed by atoms with E-state index < -0.39 is 10.0 Å². The molecule has 0 aliphatic heterocycles. The first-order valence-corrected chi connectivity index (χ1v) is 8.28. The summed E-state index contributed by atoms with van der Waals surface area (Å²) < 4.78 is 27.0. The Kier molecular flexibility index (Phi) is 3.51. The zero-order valence-electron chi connectivity index (χ0n) is 11.4. The van der Waals surface area contributed by atoms with Crippen molar-refractivity contribution in [2.75, 3.05) is 4.72 Å². The van der Waals surface area contributed by atoms with E-state index in [1.54, 1.807) is 30.3 Å². The number of aryl methyl sites for hydroxylation is 1. The maximum atomic E-state index is 12.3. The number of Topliss-reactive ketones (excluding diaryl/α,β-unsaturated/α-hetero) is 1. The molecule has 0 atom stereocenters.